The van der Waals surface area contributed by atoms with Crippen molar-refractivity contribution in [2.24, 2.45) is 0 Å². The number of hydrogen-bond acceptors (Lipinski definition) is 4. The van der Waals surface area contributed by atoms with Crippen LogP contribution in [0.25, 0.3) is 22.8 Å². The third-order valence-corrected chi connectivity index (χ3v) is 3.29. The Bertz CT molecular complexity index is 745. The fraction of sp³-hybridized carbons (Fsp3) is 0.125. The Kier molecular flexibility index (Phi) is 2.99. The highest BCUT2D eigenvalue weighted by Gasteiger charge is 2.13. The molecular weight excluding hydrogens is 250 g/mol. The number of nitrogens with two attached hydrogens (primary N) is 1. The first-order chi connectivity index (χ1) is 9.65. The second-order valence-corrected chi connectivity index (χ2v) is 4.83. The normalized spacial score (nSPS) is 10.7. The molecule has 1 aromatic heterocycles. The molecule has 0 aliphatic heterocycles. The molecule has 0 saturated heterocycles. The molecule has 0 unspecified atom stereocenters. The fourth-order valence-electron chi connectivity index (χ4n) is 2.02. The molecule has 0 fully saturated rings. The minimum atomic E-state index is 0.446. The van der Waals surface area contributed by atoms with E-state index in [1.807, 2.05) is 56.3 Å². The van der Waals surface area contributed by atoms with Crippen molar-refractivity contribution in [1.29, 1.82) is 0 Å². The smallest absolute Gasteiger partial charge is 0.260 e. The number of nitrogen functional groups attached to an aromatic ring is 1. The third-order valence-electron chi connectivity index (χ3n) is 3.29. The first-order valence-corrected chi connectivity index (χ1v) is 6.41. The molecule has 0 bridgehead atoms. The molecule has 0 radical (unpaired) electrons. The van der Waals surface area contributed by atoms with Crippen LogP contribution in [0.5, 0.6) is 0 Å². The van der Waals surface area contributed by atoms with Crippen LogP contribution in [0.2, 0.25) is 0 Å². The van der Waals surface area contributed by atoms with Crippen molar-refractivity contribution < 1.29 is 4.52 Å². The summed E-state index contributed by atoms with van der Waals surface area (Å²) < 4.78 is 5.33. The Balaban J connectivity index is 2.02. The highest BCUT2D eigenvalue weighted by Crippen LogP contribution is 2.28. The van der Waals surface area contributed by atoms with E-state index in [2.05, 4.69) is 10.1 Å². The van der Waals surface area contributed by atoms with Gasteiger partial charge in [-0.1, -0.05) is 47.1 Å². The quantitative estimate of drug-likeness (QED) is 0.719. The van der Waals surface area contributed by atoms with Gasteiger partial charge in [0.15, 0.2) is 0 Å². The summed E-state index contributed by atoms with van der Waals surface area (Å²) in [5.41, 5.74) is 10.6. The Hall–Kier alpha value is -2.62. The molecule has 0 spiro atoms. The molecule has 4 heteroatoms. The highest BCUT2D eigenvalue weighted by molar-refractivity contribution is 5.74. The fourth-order valence-corrected chi connectivity index (χ4v) is 2.02. The average molecular weight is 265 g/mol. The zero-order valence-electron chi connectivity index (χ0n) is 11.4. The summed E-state index contributed by atoms with van der Waals surface area (Å²) in [6, 6.07) is 13.8. The Morgan fingerprint density at radius 1 is 1.00 bits per heavy atom. The SMILES string of the molecule is Cc1ccc(-c2noc(-c3cccc(C)c3N)n2)cc1. The summed E-state index contributed by atoms with van der Waals surface area (Å²) in [5.74, 6) is 1.02. The van der Waals surface area contributed by atoms with E-state index in [4.69, 9.17) is 10.3 Å². The molecule has 3 rings (SSSR count). The van der Waals surface area contributed by atoms with Gasteiger partial charge in [0.05, 0.1) is 5.56 Å². The van der Waals surface area contributed by atoms with Gasteiger partial charge in [-0.15, -0.1) is 0 Å². The Labute approximate surface area is 117 Å². The first-order valence-electron chi connectivity index (χ1n) is 6.41. The van der Waals surface area contributed by atoms with Crippen LogP contribution in [0, 0.1) is 13.8 Å². The average Bonchev–Trinajstić information content (AvgIpc) is 2.92. The predicted molar refractivity (Wildman–Crippen MR) is 79.1 cm³/mol. The zero-order chi connectivity index (χ0) is 14.1. The molecule has 0 saturated carbocycles. The van der Waals surface area contributed by atoms with Crippen LogP contribution in [0.15, 0.2) is 47.0 Å². The van der Waals surface area contributed by atoms with Gasteiger partial charge in [0.25, 0.3) is 5.89 Å². The van der Waals surface area contributed by atoms with E-state index in [9.17, 15) is 0 Å². The van der Waals surface area contributed by atoms with Crippen LogP contribution >= 0.6 is 0 Å². The van der Waals surface area contributed by atoms with Gasteiger partial charge in [-0.05, 0) is 25.5 Å². The number of rotatable bonds is 2. The third kappa shape index (κ3) is 2.16. The molecule has 2 aromatic carbocycles. The monoisotopic (exact) mass is 265 g/mol. The maximum Gasteiger partial charge on any atom is 0.260 e. The summed E-state index contributed by atoms with van der Waals surface area (Å²) >= 11 is 0. The van der Waals surface area contributed by atoms with E-state index in [0.29, 0.717) is 17.4 Å². The van der Waals surface area contributed by atoms with Crippen LogP contribution in [0.4, 0.5) is 5.69 Å². The Morgan fingerprint density at radius 3 is 2.50 bits per heavy atom. The second-order valence-electron chi connectivity index (χ2n) is 4.83. The number of aromatic nitrogens is 2. The molecule has 20 heavy (non-hydrogen) atoms. The van der Waals surface area contributed by atoms with Gasteiger partial charge in [0.1, 0.15) is 0 Å². The van der Waals surface area contributed by atoms with Crippen molar-refractivity contribution in [3.8, 4) is 22.8 Å². The molecule has 3 aromatic rings. The van der Waals surface area contributed by atoms with Crippen molar-refractivity contribution in [1.82, 2.24) is 10.1 Å². The lowest BCUT2D eigenvalue weighted by Crippen LogP contribution is -1.93. The van der Waals surface area contributed by atoms with Gasteiger partial charge in [-0.2, -0.15) is 4.98 Å². The molecule has 0 aliphatic rings. The predicted octanol–water partition coefficient (Wildman–Crippen LogP) is 3.60. The van der Waals surface area contributed by atoms with Crippen LogP contribution < -0.4 is 5.73 Å². The standard InChI is InChI=1S/C16H15N3O/c1-10-6-8-12(9-7-10)15-18-16(20-19-15)13-5-3-4-11(2)14(13)17/h3-9H,17H2,1-2H3. The van der Waals surface area contributed by atoms with Crippen LogP contribution in [-0.4, -0.2) is 10.1 Å². The van der Waals surface area contributed by atoms with Crippen molar-refractivity contribution in [3.05, 3.63) is 53.6 Å². The number of hydrogen-bond donors (Lipinski definition) is 1. The maximum absolute atomic E-state index is 6.05. The molecule has 1 heterocycles. The van der Waals surface area contributed by atoms with Crippen molar-refractivity contribution in [2.45, 2.75) is 13.8 Å². The molecular formula is C16H15N3O. The summed E-state index contributed by atoms with van der Waals surface area (Å²) in [5, 5.41) is 4.02. The minimum Gasteiger partial charge on any atom is -0.398 e. The second kappa shape index (κ2) is 4.81. The van der Waals surface area contributed by atoms with E-state index in [-0.39, 0.29) is 0 Å². The number of aryl methyl sites for hydroxylation is 2. The largest absolute Gasteiger partial charge is 0.398 e. The lowest BCUT2D eigenvalue weighted by molar-refractivity contribution is 0.432. The van der Waals surface area contributed by atoms with Gasteiger partial charge in [-0.3, -0.25) is 0 Å². The van der Waals surface area contributed by atoms with E-state index >= 15 is 0 Å². The lowest BCUT2D eigenvalue weighted by atomic mass is 10.1. The van der Waals surface area contributed by atoms with Crippen LogP contribution in [0.3, 0.4) is 0 Å². The van der Waals surface area contributed by atoms with Crippen LogP contribution in [0.1, 0.15) is 11.1 Å². The topological polar surface area (TPSA) is 64.9 Å². The van der Waals surface area contributed by atoms with E-state index in [1.165, 1.54) is 5.56 Å². The number of benzene rings is 2. The number of nitrogens with zero attached hydrogens (tertiary/aromatic N) is 2. The molecule has 0 atom stereocenters. The Morgan fingerprint density at radius 2 is 1.75 bits per heavy atom. The summed E-state index contributed by atoms with van der Waals surface area (Å²) in [4.78, 5) is 4.42. The molecule has 4 nitrogen and oxygen atoms in total. The maximum atomic E-state index is 6.05. The lowest BCUT2D eigenvalue weighted by Gasteiger charge is -2.03. The summed E-state index contributed by atoms with van der Waals surface area (Å²) in [7, 11) is 0. The van der Waals surface area contributed by atoms with E-state index < -0.39 is 0 Å². The zero-order valence-corrected chi connectivity index (χ0v) is 11.4. The van der Waals surface area contributed by atoms with Gasteiger partial charge in [-0.25, -0.2) is 0 Å². The van der Waals surface area contributed by atoms with Crippen molar-refractivity contribution in [2.75, 3.05) is 5.73 Å². The molecule has 0 aliphatic carbocycles. The number of para-hydroxylation sites is 1. The van der Waals surface area contributed by atoms with Crippen LogP contribution in [-0.2, 0) is 0 Å². The van der Waals surface area contributed by atoms with Gasteiger partial charge in [0.2, 0.25) is 5.82 Å². The van der Waals surface area contributed by atoms with E-state index in [1.54, 1.807) is 0 Å². The summed E-state index contributed by atoms with van der Waals surface area (Å²) in [6.45, 7) is 4.00. The summed E-state index contributed by atoms with van der Waals surface area (Å²) in [6.07, 6.45) is 0. The van der Waals surface area contributed by atoms with E-state index in [0.717, 1.165) is 16.7 Å². The van der Waals surface area contributed by atoms with Gasteiger partial charge >= 0.3 is 0 Å². The molecule has 2 N–H and O–H groups in total. The molecule has 0 amide bonds. The molecule has 100 valence electrons. The minimum absolute atomic E-state index is 0.446. The van der Waals surface area contributed by atoms with Crippen molar-refractivity contribution >= 4 is 5.69 Å². The first kappa shape index (κ1) is 12.4. The highest BCUT2D eigenvalue weighted by atomic mass is 16.5. The van der Waals surface area contributed by atoms with Gasteiger partial charge in [0, 0.05) is 11.3 Å². The van der Waals surface area contributed by atoms with Crippen molar-refractivity contribution in [3.63, 3.8) is 0 Å². The number of anilines is 1. The van der Waals surface area contributed by atoms with Gasteiger partial charge < -0.3 is 10.3 Å².